The second-order valence-electron chi connectivity index (χ2n) is 2.47. The normalized spacial score (nSPS) is 13.3. The Balaban J connectivity index is 3.70. The highest BCUT2D eigenvalue weighted by atomic mass is 31.2. The lowest BCUT2D eigenvalue weighted by molar-refractivity contribution is 0.353. The van der Waals surface area contributed by atoms with E-state index in [1.165, 1.54) is 0 Å². The third-order valence-corrected chi connectivity index (χ3v) is 4.92. The molecule has 0 radical (unpaired) electrons. The molecule has 0 amide bonds. The Bertz CT molecular complexity index is 160. The minimum absolute atomic E-state index is 0.205. The fraction of sp³-hybridized carbons (Fsp3) is 1.00. The van der Waals surface area contributed by atoms with Crippen LogP contribution in [0.4, 0.5) is 0 Å². The average molecular weight is 183 g/mol. The van der Waals surface area contributed by atoms with Crippen LogP contribution in [-0.2, 0) is 13.7 Å². The van der Waals surface area contributed by atoms with E-state index in [0.29, 0.717) is 6.61 Å². The number of rotatable bonds is 4. The summed E-state index contributed by atoms with van der Waals surface area (Å²) in [6, 6.07) is 0. The lowest BCUT2D eigenvalue weighted by Crippen LogP contribution is -1.83. The molecule has 0 aromatic heterocycles. The van der Waals surface area contributed by atoms with E-state index in [-0.39, 0.29) is 5.90 Å². The van der Waals surface area contributed by atoms with E-state index < -0.39 is 15.2 Å². The van der Waals surface area contributed by atoms with Crippen molar-refractivity contribution in [1.82, 2.24) is 0 Å². The molecule has 0 aromatic rings. The minimum Gasteiger partial charge on any atom is -0.320 e. The van der Waals surface area contributed by atoms with Crippen LogP contribution in [0.25, 0.3) is 0 Å². The van der Waals surface area contributed by atoms with Crippen molar-refractivity contribution >= 4 is 15.2 Å². The van der Waals surface area contributed by atoms with E-state index in [1.54, 1.807) is 20.3 Å². The molecule has 0 bridgehead atoms. The molecule has 0 N–H and O–H groups in total. The molecule has 0 aromatic carbocycles. The van der Waals surface area contributed by atoms with E-state index in [4.69, 9.17) is 4.52 Å². The Morgan fingerprint density at radius 2 is 2.00 bits per heavy atom. The first kappa shape index (κ1) is 10.3. The molecular weight excluding hydrogens is 170 g/mol. The zero-order valence-corrected chi connectivity index (χ0v) is 8.32. The van der Waals surface area contributed by atoms with Crippen molar-refractivity contribution in [2.24, 2.45) is 0 Å². The van der Waals surface area contributed by atoms with Crippen molar-refractivity contribution in [2.45, 2.75) is 6.92 Å². The summed E-state index contributed by atoms with van der Waals surface area (Å²) < 4.78 is 26.6. The van der Waals surface area contributed by atoms with Gasteiger partial charge in [-0.3, -0.25) is 0 Å². The Kier molecular flexibility index (Phi) is 4.35. The Morgan fingerprint density at radius 3 is 2.30 bits per heavy atom. The van der Waals surface area contributed by atoms with E-state index in [0.717, 1.165) is 0 Å². The van der Waals surface area contributed by atoms with Crippen molar-refractivity contribution in [3.05, 3.63) is 0 Å². The number of hydrogen-bond donors (Lipinski definition) is 0. The van der Waals surface area contributed by atoms with Gasteiger partial charge in [-0.05, 0) is 24.8 Å². The molecule has 0 spiro atoms. The van der Waals surface area contributed by atoms with Crippen LogP contribution in [0, 0.1) is 0 Å². The highest BCUT2D eigenvalue weighted by Gasteiger charge is 2.25. The summed E-state index contributed by atoms with van der Waals surface area (Å²) in [5.74, 6) is 0.205. The molecule has 0 aliphatic heterocycles. The van der Waals surface area contributed by atoms with E-state index in [1.807, 2.05) is 0 Å². The first-order valence-electron chi connectivity index (χ1n) is 3.07. The first-order valence-corrected chi connectivity index (χ1v) is 7.22. The van der Waals surface area contributed by atoms with Gasteiger partial charge in [0.2, 0.25) is 5.90 Å². The standard InChI is InChI=1S/C5H13O3P2/c1-4-8-9(6)5-10(2,3)7/h4-5H2,1-3H3/q+1. The third kappa shape index (κ3) is 6.41. The van der Waals surface area contributed by atoms with Crippen molar-refractivity contribution in [3.8, 4) is 0 Å². The lowest BCUT2D eigenvalue weighted by Gasteiger charge is -1.93. The highest BCUT2D eigenvalue weighted by Crippen LogP contribution is 2.45. The molecule has 5 heteroatoms. The van der Waals surface area contributed by atoms with Crippen LogP contribution in [0.15, 0.2) is 0 Å². The second kappa shape index (κ2) is 4.23. The summed E-state index contributed by atoms with van der Waals surface area (Å²) in [5.41, 5.74) is 0. The summed E-state index contributed by atoms with van der Waals surface area (Å²) in [7, 11) is -3.84. The van der Waals surface area contributed by atoms with Gasteiger partial charge in [0.15, 0.2) is 0 Å². The van der Waals surface area contributed by atoms with Gasteiger partial charge in [-0.2, -0.15) is 0 Å². The van der Waals surface area contributed by atoms with Crippen molar-refractivity contribution < 1.29 is 13.7 Å². The van der Waals surface area contributed by atoms with Crippen LogP contribution < -0.4 is 0 Å². The second-order valence-corrected chi connectivity index (χ2v) is 7.67. The summed E-state index contributed by atoms with van der Waals surface area (Å²) in [5, 5.41) is 0. The van der Waals surface area contributed by atoms with Gasteiger partial charge in [0.25, 0.3) is 0 Å². The molecule has 0 aliphatic rings. The van der Waals surface area contributed by atoms with Crippen LogP contribution in [0.5, 0.6) is 0 Å². The summed E-state index contributed by atoms with van der Waals surface area (Å²) >= 11 is 0. The topological polar surface area (TPSA) is 43.4 Å². The van der Waals surface area contributed by atoms with Crippen LogP contribution in [0.1, 0.15) is 6.92 Å². The van der Waals surface area contributed by atoms with E-state index in [2.05, 4.69) is 0 Å². The molecule has 0 fully saturated rings. The highest BCUT2D eigenvalue weighted by molar-refractivity contribution is 7.71. The fourth-order valence-electron chi connectivity index (χ4n) is 0.463. The van der Waals surface area contributed by atoms with Gasteiger partial charge in [0, 0.05) is 0 Å². The van der Waals surface area contributed by atoms with Gasteiger partial charge < -0.3 is 4.57 Å². The molecule has 10 heavy (non-hydrogen) atoms. The van der Waals surface area contributed by atoms with Gasteiger partial charge in [-0.15, -0.1) is 4.52 Å². The Morgan fingerprint density at radius 1 is 1.50 bits per heavy atom. The maximum Gasteiger partial charge on any atom is 0.515 e. The predicted molar refractivity (Wildman–Crippen MR) is 43.6 cm³/mol. The lowest BCUT2D eigenvalue weighted by atomic mass is 10.9. The molecule has 1 unspecified atom stereocenters. The molecule has 60 valence electrons. The van der Waals surface area contributed by atoms with E-state index >= 15 is 0 Å². The van der Waals surface area contributed by atoms with Gasteiger partial charge >= 0.3 is 8.03 Å². The average Bonchev–Trinajstić information content (AvgIpc) is 1.59. The first-order chi connectivity index (χ1) is 4.45. The molecule has 1 atom stereocenters. The minimum atomic E-state index is -2.16. The zero-order valence-electron chi connectivity index (χ0n) is 6.53. The quantitative estimate of drug-likeness (QED) is 0.628. The zero-order chi connectivity index (χ0) is 8.20. The molecule has 3 nitrogen and oxygen atoms in total. The SMILES string of the molecule is CCO[P+](=O)CP(C)(C)=O. The van der Waals surface area contributed by atoms with Crippen LogP contribution in [0.3, 0.4) is 0 Å². The summed E-state index contributed by atoms with van der Waals surface area (Å²) in [6.07, 6.45) is 0. The maximum atomic E-state index is 11.0. The van der Waals surface area contributed by atoms with Crippen LogP contribution in [0.2, 0.25) is 0 Å². The maximum absolute atomic E-state index is 11.0. The largest absolute Gasteiger partial charge is 0.515 e. The predicted octanol–water partition coefficient (Wildman–Crippen LogP) is 2.35. The van der Waals surface area contributed by atoms with Gasteiger partial charge in [-0.1, -0.05) is 0 Å². The van der Waals surface area contributed by atoms with Gasteiger partial charge in [-0.25, -0.2) is 0 Å². The van der Waals surface area contributed by atoms with Crippen LogP contribution >= 0.6 is 15.2 Å². The monoisotopic (exact) mass is 183 g/mol. The third-order valence-electron chi connectivity index (χ3n) is 0.729. The molecular formula is C5H13O3P2+. The number of hydrogen-bond acceptors (Lipinski definition) is 3. The fourth-order valence-corrected chi connectivity index (χ4v) is 3.30. The summed E-state index contributed by atoms with van der Waals surface area (Å²) in [6.45, 7) is 5.41. The molecule has 0 rings (SSSR count). The molecule has 0 saturated carbocycles. The smallest absolute Gasteiger partial charge is 0.320 e. The molecule has 0 heterocycles. The van der Waals surface area contributed by atoms with Crippen molar-refractivity contribution in [1.29, 1.82) is 0 Å². The van der Waals surface area contributed by atoms with Gasteiger partial charge in [0.05, 0.1) is 6.61 Å². The molecule has 0 aliphatic carbocycles. The molecule has 0 saturated heterocycles. The van der Waals surface area contributed by atoms with Gasteiger partial charge in [0.1, 0.15) is 7.14 Å². The summed E-state index contributed by atoms with van der Waals surface area (Å²) in [4.78, 5) is 0. The van der Waals surface area contributed by atoms with E-state index in [9.17, 15) is 9.13 Å². The Hall–Kier alpha value is 0.290. The van der Waals surface area contributed by atoms with Crippen molar-refractivity contribution in [2.75, 3.05) is 25.8 Å². The van der Waals surface area contributed by atoms with Crippen LogP contribution in [-0.4, -0.2) is 25.8 Å². The Labute approximate surface area is 62.4 Å². The van der Waals surface area contributed by atoms with Crippen molar-refractivity contribution in [3.63, 3.8) is 0 Å².